The molecule has 1 heterocycles. The van der Waals surface area contributed by atoms with Gasteiger partial charge in [0.2, 0.25) is 0 Å². The van der Waals surface area contributed by atoms with Gasteiger partial charge in [-0.3, -0.25) is 4.79 Å². The fraction of sp³-hybridized carbons (Fsp3) is 0.500. The largest absolute Gasteiger partial charge is 0.482 e. The van der Waals surface area contributed by atoms with Gasteiger partial charge in [0.15, 0.2) is 6.61 Å². The third-order valence-electron chi connectivity index (χ3n) is 3.00. The first kappa shape index (κ1) is 20.8. The van der Waals surface area contributed by atoms with Gasteiger partial charge in [-0.15, -0.1) is 0 Å². The summed E-state index contributed by atoms with van der Waals surface area (Å²) in [7, 11) is 0. The average Bonchev–Trinajstić information content (AvgIpc) is 2.53. The molecule has 0 bridgehead atoms. The molecule has 1 aromatic heterocycles. The number of aromatic nitrogens is 1. The van der Waals surface area contributed by atoms with Gasteiger partial charge >= 0.3 is 6.18 Å². The molecule has 0 aliphatic rings. The summed E-state index contributed by atoms with van der Waals surface area (Å²) in [6, 6.07) is 0.598. The van der Waals surface area contributed by atoms with Crippen molar-refractivity contribution in [3.8, 4) is 5.75 Å². The lowest BCUT2D eigenvalue weighted by atomic mass is 10.1. The van der Waals surface area contributed by atoms with E-state index in [0.717, 1.165) is 18.7 Å². The highest BCUT2D eigenvalue weighted by molar-refractivity contribution is 6.32. The zero-order chi connectivity index (χ0) is 19.0. The second-order valence-electron chi connectivity index (χ2n) is 5.16. The van der Waals surface area contributed by atoms with Gasteiger partial charge in [0.1, 0.15) is 22.3 Å². The van der Waals surface area contributed by atoms with Gasteiger partial charge < -0.3 is 21.0 Å². The van der Waals surface area contributed by atoms with Crippen molar-refractivity contribution in [2.24, 2.45) is 10.9 Å². The summed E-state index contributed by atoms with van der Waals surface area (Å²) in [6.45, 7) is 0.342. The van der Waals surface area contributed by atoms with E-state index in [1.807, 2.05) is 6.92 Å². The van der Waals surface area contributed by atoms with Crippen LogP contribution in [0.25, 0.3) is 0 Å². The Balaban J connectivity index is 2.86. The van der Waals surface area contributed by atoms with E-state index in [2.05, 4.69) is 20.2 Å². The van der Waals surface area contributed by atoms with E-state index in [0.29, 0.717) is 6.42 Å². The lowest BCUT2D eigenvalue weighted by Crippen LogP contribution is -2.38. The zero-order valence-corrected chi connectivity index (χ0v) is 14.1. The summed E-state index contributed by atoms with van der Waals surface area (Å²) < 4.78 is 41.3. The van der Waals surface area contributed by atoms with E-state index in [1.54, 1.807) is 0 Å². The lowest BCUT2D eigenvalue weighted by Gasteiger charge is -2.17. The molecule has 0 aliphatic carbocycles. The number of rotatable bonds is 8. The van der Waals surface area contributed by atoms with E-state index in [1.165, 1.54) is 0 Å². The van der Waals surface area contributed by atoms with Crippen LogP contribution in [0.4, 0.5) is 13.2 Å². The minimum absolute atomic E-state index is 0.0583. The first-order chi connectivity index (χ1) is 11.7. The van der Waals surface area contributed by atoms with E-state index in [-0.39, 0.29) is 28.7 Å². The molecule has 140 valence electrons. The number of carbonyl (C=O) groups excluding carboxylic acids is 1. The number of oxime groups is 1. The summed E-state index contributed by atoms with van der Waals surface area (Å²) in [5, 5.41) is 13.9. The summed E-state index contributed by atoms with van der Waals surface area (Å²) >= 11 is 5.73. The molecule has 0 spiro atoms. The monoisotopic (exact) mass is 382 g/mol. The van der Waals surface area contributed by atoms with Crippen LogP contribution < -0.4 is 15.8 Å². The standard InChI is InChI=1S/C14H18ClF3N4O3/c1-2-3-8(4-12(19)22-24)21-13(23)10-5-11(9(15)6-20-10)25-7-14(16,17)18/h5-6,8,24H,2-4,7H2,1H3,(H2,19,22)(H,21,23). The first-order valence-electron chi connectivity index (χ1n) is 7.28. The normalized spacial score (nSPS) is 13.4. The zero-order valence-electron chi connectivity index (χ0n) is 13.3. The fourth-order valence-electron chi connectivity index (χ4n) is 1.94. The van der Waals surface area contributed by atoms with Crippen LogP contribution in [0, 0.1) is 0 Å². The van der Waals surface area contributed by atoms with Crippen LogP contribution in [0.1, 0.15) is 36.7 Å². The summed E-state index contributed by atoms with van der Waals surface area (Å²) in [4.78, 5) is 16.0. The Bertz CT molecular complexity index is 626. The minimum Gasteiger partial charge on any atom is -0.482 e. The average molecular weight is 383 g/mol. The number of carbonyl (C=O) groups is 1. The second-order valence-corrected chi connectivity index (χ2v) is 5.57. The predicted octanol–water partition coefficient (Wildman–Crippen LogP) is 2.71. The van der Waals surface area contributed by atoms with Crippen molar-refractivity contribution in [1.82, 2.24) is 10.3 Å². The molecule has 1 amide bonds. The predicted molar refractivity (Wildman–Crippen MR) is 85.0 cm³/mol. The number of nitrogens with one attached hydrogen (secondary N) is 1. The quantitative estimate of drug-likeness (QED) is 0.277. The molecule has 7 nitrogen and oxygen atoms in total. The molecule has 1 aromatic rings. The summed E-state index contributed by atoms with van der Waals surface area (Å²) in [5.41, 5.74) is 5.27. The fourth-order valence-corrected chi connectivity index (χ4v) is 2.10. The van der Waals surface area contributed by atoms with E-state index in [4.69, 9.17) is 22.5 Å². The van der Waals surface area contributed by atoms with Crippen molar-refractivity contribution in [2.45, 2.75) is 38.4 Å². The highest BCUT2D eigenvalue weighted by Gasteiger charge is 2.29. The molecule has 25 heavy (non-hydrogen) atoms. The Morgan fingerprint density at radius 2 is 2.24 bits per heavy atom. The number of pyridine rings is 1. The molecule has 4 N–H and O–H groups in total. The van der Waals surface area contributed by atoms with Gasteiger partial charge in [-0.2, -0.15) is 13.2 Å². The summed E-state index contributed by atoms with van der Waals surface area (Å²) in [6.07, 6.45) is -2.13. The number of amidine groups is 1. The van der Waals surface area contributed by atoms with Crippen LogP contribution in [0.2, 0.25) is 5.02 Å². The lowest BCUT2D eigenvalue weighted by molar-refractivity contribution is -0.153. The Hall–Kier alpha value is -2.23. The molecule has 0 aromatic carbocycles. The highest BCUT2D eigenvalue weighted by atomic mass is 35.5. The molecule has 11 heteroatoms. The van der Waals surface area contributed by atoms with Crippen molar-refractivity contribution in [3.05, 3.63) is 23.0 Å². The number of nitrogens with two attached hydrogens (primary N) is 1. The Labute approximate surface area is 147 Å². The van der Waals surface area contributed by atoms with Crippen LogP contribution in [-0.2, 0) is 0 Å². The molecule has 0 saturated heterocycles. The third kappa shape index (κ3) is 7.46. The molecular weight excluding hydrogens is 365 g/mol. The van der Waals surface area contributed by atoms with Crippen LogP contribution in [0.5, 0.6) is 5.75 Å². The molecule has 0 fully saturated rings. The van der Waals surface area contributed by atoms with Crippen molar-refractivity contribution >= 4 is 23.3 Å². The molecule has 1 atom stereocenters. The van der Waals surface area contributed by atoms with Crippen LogP contribution in [0.3, 0.4) is 0 Å². The Morgan fingerprint density at radius 1 is 1.56 bits per heavy atom. The van der Waals surface area contributed by atoms with Gasteiger partial charge in [0, 0.05) is 18.5 Å². The second kappa shape index (κ2) is 9.30. The maximum absolute atomic E-state index is 12.2. The molecule has 0 saturated carbocycles. The number of alkyl halides is 3. The van der Waals surface area contributed by atoms with Gasteiger partial charge in [-0.25, -0.2) is 4.98 Å². The van der Waals surface area contributed by atoms with E-state index >= 15 is 0 Å². The smallest absolute Gasteiger partial charge is 0.422 e. The molecule has 0 aliphatic heterocycles. The molecule has 0 radical (unpaired) electrons. The third-order valence-corrected chi connectivity index (χ3v) is 3.28. The van der Waals surface area contributed by atoms with Crippen LogP contribution >= 0.6 is 11.6 Å². The van der Waals surface area contributed by atoms with E-state index in [9.17, 15) is 18.0 Å². The highest BCUT2D eigenvalue weighted by Crippen LogP contribution is 2.26. The number of hydrogen-bond acceptors (Lipinski definition) is 5. The van der Waals surface area contributed by atoms with Crippen molar-refractivity contribution in [3.63, 3.8) is 0 Å². The van der Waals surface area contributed by atoms with Crippen molar-refractivity contribution in [2.75, 3.05) is 6.61 Å². The number of halogens is 4. The maximum Gasteiger partial charge on any atom is 0.422 e. The Kier molecular flexibility index (Phi) is 7.75. The molecule has 1 unspecified atom stereocenters. The molecular formula is C14H18ClF3N4O3. The van der Waals surface area contributed by atoms with E-state index < -0.39 is 24.7 Å². The van der Waals surface area contributed by atoms with Crippen LogP contribution in [0.15, 0.2) is 17.4 Å². The van der Waals surface area contributed by atoms with Gasteiger partial charge in [-0.05, 0) is 6.42 Å². The topological polar surface area (TPSA) is 110 Å². The SMILES string of the molecule is CCCC(CC(N)=NO)NC(=O)c1cc(OCC(F)(F)F)c(Cl)cn1. The van der Waals surface area contributed by atoms with Crippen molar-refractivity contribution in [1.29, 1.82) is 0 Å². The Morgan fingerprint density at radius 3 is 2.80 bits per heavy atom. The van der Waals surface area contributed by atoms with Gasteiger partial charge in [0.05, 0.1) is 6.20 Å². The van der Waals surface area contributed by atoms with Crippen molar-refractivity contribution < 1.29 is 27.9 Å². The maximum atomic E-state index is 12.2. The number of ether oxygens (including phenoxy) is 1. The number of amides is 1. The van der Waals surface area contributed by atoms with Gasteiger partial charge in [0.25, 0.3) is 5.91 Å². The number of nitrogens with zero attached hydrogens (tertiary/aromatic N) is 2. The summed E-state index contributed by atoms with van der Waals surface area (Å²) in [5.74, 6) is -1.00. The van der Waals surface area contributed by atoms with Gasteiger partial charge in [-0.1, -0.05) is 30.1 Å². The minimum atomic E-state index is -4.54. The number of hydrogen-bond donors (Lipinski definition) is 3. The van der Waals surface area contributed by atoms with Crippen LogP contribution in [-0.4, -0.2) is 40.8 Å². The first-order valence-corrected chi connectivity index (χ1v) is 7.66. The molecule has 1 rings (SSSR count).